The summed E-state index contributed by atoms with van der Waals surface area (Å²) in [6, 6.07) is 4.58. The minimum atomic E-state index is -0.502. The molecule has 1 aromatic carbocycles. The molecule has 0 unspecified atom stereocenters. The standard InChI is InChI=1S/C11H11N3O4/c1-2-17-10-4-3-7(5-9(10)14(15)16)8-6-13-18-11(8)12/h3-6H,2,12H2,1H3. The van der Waals surface area contributed by atoms with Crippen molar-refractivity contribution in [3.63, 3.8) is 0 Å². The first-order valence-electron chi connectivity index (χ1n) is 5.25. The molecular weight excluding hydrogens is 238 g/mol. The van der Waals surface area contributed by atoms with Gasteiger partial charge in [0.2, 0.25) is 5.88 Å². The van der Waals surface area contributed by atoms with Gasteiger partial charge in [0, 0.05) is 6.07 Å². The molecule has 0 amide bonds. The maximum absolute atomic E-state index is 11.0. The summed E-state index contributed by atoms with van der Waals surface area (Å²) in [5.41, 5.74) is 6.52. The number of aromatic nitrogens is 1. The number of nitrogen functional groups attached to an aromatic ring is 1. The van der Waals surface area contributed by atoms with Crippen LogP contribution >= 0.6 is 0 Å². The molecule has 0 aliphatic carbocycles. The van der Waals surface area contributed by atoms with E-state index in [2.05, 4.69) is 5.16 Å². The van der Waals surface area contributed by atoms with Crippen LogP contribution in [0.5, 0.6) is 5.75 Å². The Morgan fingerprint density at radius 2 is 2.33 bits per heavy atom. The normalized spacial score (nSPS) is 10.3. The van der Waals surface area contributed by atoms with Gasteiger partial charge in [0.25, 0.3) is 0 Å². The zero-order valence-corrected chi connectivity index (χ0v) is 9.62. The van der Waals surface area contributed by atoms with Crippen molar-refractivity contribution in [2.75, 3.05) is 12.3 Å². The molecule has 0 aliphatic heterocycles. The van der Waals surface area contributed by atoms with Crippen LogP contribution in [0.25, 0.3) is 11.1 Å². The summed E-state index contributed by atoms with van der Waals surface area (Å²) in [5, 5.41) is 14.5. The molecule has 94 valence electrons. The monoisotopic (exact) mass is 249 g/mol. The summed E-state index contributed by atoms with van der Waals surface area (Å²) in [4.78, 5) is 10.5. The lowest BCUT2D eigenvalue weighted by molar-refractivity contribution is -0.385. The maximum Gasteiger partial charge on any atom is 0.311 e. The molecule has 2 aromatic rings. The molecule has 2 N–H and O–H groups in total. The van der Waals surface area contributed by atoms with Gasteiger partial charge < -0.3 is 15.0 Å². The molecule has 1 heterocycles. The highest BCUT2D eigenvalue weighted by Gasteiger charge is 2.18. The van der Waals surface area contributed by atoms with Crippen LogP contribution in [0, 0.1) is 10.1 Å². The average Bonchev–Trinajstić information content (AvgIpc) is 2.76. The number of hydrogen-bond donors (Lipinski definition) is 1. The molecule has 7 heteroatoms. The van der Waals surface area contributed by atoms with Crippen LogP contribution < -0.4 is 10.5 Å². The van der Waals surface area contributed by atoms with Crippen LogP contribution in [-0.2, 0) is 0 Å². The zero-order valence-electron chi connectivity index (χ0n) is 9.62. The molecule has 0 spiro atoms. The lowest BCUT2D eigenvalue weighted by Crippen LogP contribution is -1.98. The molecule has 0 saturated heterocycles. The fraction of sp³-hybridized carbons (Fsp3) is 0.182. The highest BCUT2D eigenvalue weighted by Crippen LogP contribution is 2.34. The SMILES string of the molecule is CCOc1ccc(-c2cnoc2N)cc1[N+](=O)[O-]. The molecule has 2 rings (SSSR count). The lowest BCUT2D eigenvalue weighted by atomic mass is 10.1. The van der Waals surface area contributed by atoms with E-state index >= 15 is 0 Å². The van der Waals surface area contributed by atoms with Crippen LogP contribution in [0.2, 0.25) is 0 Å². The Morgan fingerprint density at radius 3 is 2.89 bits per heavy atom. The molecule has 7 nitrogen and oxygen atoms in total. The molecule has 18 heavy (non-hydrogen) atoms. The first-order chi connectivity index (χ1) is 8.63. The van der Waals surface area contributed by atoms with E-state index in [1.807, 2.05) is 0 Å². The minimum Gasteiger partial charge on any atom is -0.487 e. The minimum absolute atomic E-state index is 0.116. The second kappa shape index (κ2) is 4.74. The summed E-state index contributed by atoms with van der Waals surface area (Å²) >= 11 is 0. The summed E-state index contributed by atoms with van der Waals surface area (Å²) in [6.45, 7) is 2.12. The molecular formula is C11H11N3O4. The van der Waals surface area contributed by atoms with Gasteiger partial charge in [-0.1, -0.05) is 5.16 Å². The Balaban J connectivity index is 2.50. The van der Waals surface area contributed by atoms with Gasteiger partial charge in [-0.15, -0.1) is 0 Å². The van der Waals surface area contributed by atoms with E-state index in [4.69, 9.17) is 15.0 Å². The summed E-state index contributed by atoms with van der Waals surface area (Å²) in [7, 11) is 0. The van der Waals surface area contributed by atoms with E-state index in [1.165, 1.54) is 18.3 Å². The number of nitrogens with zero attached hydrogens (tertiary/aromatic N) is 2. The fourth-order valence-electron chi connectivity index (χ4n) is 1.57. The van der Waals surface area contributed by atoms with Gasteiger partial charge in [0.1, 0.15) is 0 Å². The first kappa shape index (κ1) is 11.9. The van der Waals surface area contributed by atoms with Crippen molar-refractivity contribution in [1.82, 2.24) is 5.16 Å². The Bertz CT molecular complexity index is 579. The number of nitro benzene ring substituents is 1. The van der Waals surface area contributed by atoms with Crippen molar-refractivity contribution in [2.45, 2.75) is 6.92 Å². The molecule has 0 saturated carbocycles. The van der Waals surface area contributed by atoms with Crippen LogP contribution in [0.3, 0.4) is 0 Å². The Kier molecular flexibility index (Phi) is 3.13. The third kappa shape index (κ3) is 2.10. The van der Waals surface area contributed by atoms with Gasteiger partial charge in [-0.25, -0.2) is 0 Å². The van der Waals surface area contributed by atoms with Crippen LogP contribution in [-0.4, -0.2) is 16.7 Å². The molecule has 0 atom stereocenters. The van der Waals surface area contributed by atoms with Crippen LogP contribution in [0.15, 0.2) is 28.9 Å². The maximum atomic E-state index is 11.0. The van der Waals surface area contributed by atoms with E-state index in [0.29, 0.717) is 17.7 Å². The number of benzene rings is 1. The first-order valence-corrected chi connectivity index (χ1v) is 5.25. The molecule has 0 bridgehead atoms. The number of ether oxygens (including phenoxy) is 1. The highest BCUT2D eigenvalue weighted by molar-refractivity contribution is 5.75. The lowest BCUT2D eigenvalue weighted by Gasteiger charge is -2.05. The zero-order chi connectivity index (χ0) is 13.1. The number of hydrogen-bond acceptors (Lipinski definition) is 6. The second-order valence-corrected chi connectivity index (χ2v) is 3.48. The molecule has 1 aromatic heterocycles. The van der Waals surface area contributed by atoms with Gasteiger partial charge in [-0.2, -0.15) is 0 Å². The van der Waals surface area contributed by atoms with E-state index in [0.717, 1.165) is 0 Å². The number of anilines is 1. The Hall–Kier alpha value is -2.57. The summed E-state index contributed by atoms with van der Waals surface area (Å²) < 4.78 is 9.91. The largest absolute Gasteiger partial charge is 0.487 e. The third-order valence-corrected chi connectivity index (χ3v) is 2.36. The Labute approximate surface area is 102 Å². The fourth-order valence-corrected chi connectivity index (χ4v) is 1.57. The number of nitro groups is 1. The average molecular weight is 249 g/mol. The van der Waals surface area contributed by atoms with Crippen molar-refractivity contribution < 1.29 is 14.2 Å². The Morgan fingerprint density at radius 1 is 1.56 bits per heavy atom. The highest BCUT2D eigenvalue weighted by atomic mass is 16.6. The van der Waals surface area contributed by atoms with Crippen molar-refractivity contribution in [1.29, 1.82) is 0 Å². The van der Waals surface area contributed by atoms with Gasteiger partial charge in [0.05, 0.1) is 23.3 Å². The predicted octanol–water partition coefficient (Wildman–Crippen LogP) is 2.23. The third-order valence-electron chi connectivity index (χ3n) is 2.36. The quantitative estimate of drug-likeness (QED) is 0.658. The smallest absolute Gasteiger partial charge is 0.311 e. The van der Waals surface area contributed by atoms with Crippen LogP contribution in [0.4, 0.5) is 11.6 Å². The molecule has 0 fully saturated rings. The van der Waals surface area contributed by atoms with E-state index in [9.17, 15) is 10.1 Å². The summed E-state index contributed by atoms with van der Waals surface area (Å²) in [6.07, 6.45) is 1.41. The van der Waals surface area contributed by atoms with Gasteiger partial charge in [0.15, 0.2) is 5.75 Å². The van der Waals surface area contributed by atoms with Crippen LogP contribution in [0.1, 0.15) is 6.92 Å². The topological polar surface area (TPSA) is 104 Å². The van der Waals surface area contributed by atoms with Crippen molar-refractivity contribution in [3.05, 3.63) is 34.5 Å². The second-order valence-electron chi connectivity index (χ2n) is 3.48. The van der Waals surface area contributed by atoms with E-state index in [-0.39, 0.29) is 17.3 Å². The number of nitrogens with two attached hydrogens (primary N) is 1. The van der Waals surface area contributed by atoms with Crippen molar-refractivity contribution in [3.8, 4) is 16.9 Å². The predicted molar refractivity (Wildman–Crippen MR) is 64.2 cm³/mol. The van der Waals surface area contributed by atoms with E-state index < -0.39 is 4.92 Å². The molecule has 0 aliphatic rings. The van der Waals surface area contributed by atoms with E-state index in [1.54, 1.807) is 13.0 Å². The summed E-state index contributed by atoms with van der Waals surface area (Å²) in [5.74, 6) is 0.342. The van der Waals surface area contributed by atoms with Crippen molar-refractivity contribution in [2.24, 2.45) is 0 Å². The molecule has 0 radical (unpaired) electrons. The van der Waals surface area contributed by atoms with Gasteiger partial charge in [-0.3, -0.25) is 10.1 Å². The number of rotatable bonds is 4. The van der Waals surface area contributed by atoms with Crippen molar-refractivity contribution >= 4 is 11.6 Å². The van der Waals surface area contributed by atoms with Gasteiger partial charge >= 0.3 is 5.69 Å². The van der Waals surface area contributed by atoms with Gasteiger partial charge in [-0.05, 0) is 24.6 Å².